The van der Waals surface area contributed by atoms with Crippen LogP contribution in [-0.2, 0) is 14.9 Å². The lowest BCUT2D eigenvalue weighted by atomic mass is 9.71. The molecule has 0 saturated carbocycles. The fourth-order valence-electron chi connectivity index (χ4n) is 4.96. The van der Waals surface area contributed by atoms with Gasteiger partial charge in [0, 0.05) is 47.8 Å². The first kappa shape index (κ1) is 21.0. The number of hydrogen-bond donors (Lipinski definition) is 1. The van der Waals surface area contributed by atoms with Gasteiger partial charge in [0.1, 0.15) is 12.4 Å². The van der Waals surface area contributed by atoms with E-state index >= 15 is 0 Å². The highest BCUT2D eigenvalue weighted by atomic mass is 16.5. The lowest BCUT2D eigenvalue weighted by Gasteiger charge is -2.36. The number of fused-ring (bicyclic) bond motifs is 4. The second-order valence-corrected chi connectivity index (χ2v) is 9.18. The summed E-state index contributed by atoms with van der Waals surface area (Å²) >= 11 is 0. The Labute approximate surface area is 188 Å². The molecular weight excluding hydrogens is 404 g/mol. The maximum Gasteiger partial charge on any atom is 0.195 e. The van der Waals surface area contributed by atoms with Gasteiger partial charge in [-0.3, -0.25) is 4.79 Å². The van der Waals surface area contributed by atoms with Crippen molar-refractivity contribution in [3.05, 3.63) is 58.3 Å². The van der Waals surface area contributed by atoms with Crippen molar-refractivity contribution in [2.24, 2.45) is 0 Å². The number of nitrogens with one attached hydrogen (secondary N) is 1. The number of hydrogen-bond acceptors (Lipinski definition) is 5. The van der Waals surface area contributed by atoms with Gasteiger partial charge < -0.3 is 24.1 Å². The Morgan fingerprint density at radius 3 is 2.66 bits per heavy atom. The fourth-order valence-corrected chi connectivity index (χ4v) is 4.96. The van der Waals surface area contributed by atoms with Crippen LogP contribution in [0, 0.1) is 6.92 Å². The summed E-state index contributed by atoms with van der Waals surface area (Å²) in [6, 6.07) is 10.3. The lowest BCUT2D eigenvalue weighted by molar-refractivity contribution is 0.103. The zero-order valence-corrected chi connectivity index (χ0v) is 19.2. The van der Waals surface area contributed by atoms with Gasteiger partial charge in [-0.25, -0.2) is 0 Å². The van der Waals surface area contributed by atoms with Crippen LogP contribution in [0.3, 0.4) is 0 Å². The Morgan fingerprint density at radius 1 is 1.12 bits per heavy atom. The number of carbonyl (C=O) groups is 1. The smallest absolute Gasteiger partial charge is 0.195 e. The SMILES string of the molecule is COCCOc1cc2c(cc1N1CCOCC1)C(C)(C)c1[nH]c3cc(C)ccc3c1C2=O. The highest BCUT2D eigenvalue weighted by molar-refractivity contribution is 6.20. The molecule has 1 saturated heterocycles. The van der Waals surface area contributed by atoms with Gasteiger partial charge in [0.05, 0.1) is 31.1 Å². The molecule has 0 spiro atoms. The van der Waals surface area contributed by atoms with Crippen molar-refractivity contribution < 1.29 is 19.0 Å². The van der Waals surface area contributed by atoms with Gasteiger partial charge in [-0.15, -0.1) is 0 Å². The van der Waals surface area contributed by atoms with Gasteiger partial charge >= 0.3 is 0 Å². The lowest BCUT2D eigenvalue weighted by Crippen LogP contribution is -2.37. The van der Waals surface area contributed by atoms with E-state index in [0.29, 0.717) is 32.0 Å². The number of benzene rings is 2. The molecule has 2 aromatic carbocycles. The van der Waals surface area contributed by atoms with E-state index in [1.54, 1.807) is 7.11 Å². The van der Waals surface area contributed by atoms with Crippen LogP contribution in [0.4, 0.5) is 5.69 Å². The minimum Gasteiger partial charge on any atom is -0.489 e. The molecule has 2 heterocycles. The first-order valence-corrected chi connectivity index (χ1v) is 11.2. The maximum atomic E-state index is 13.8. The molecule has 0 radical (unpaired) electrons. The second kappa shape index (κ2) is 7.94. The molecule has 6 heteroatoms. The van der Waals surface area contributed by atoms with Crippen LogP contribution in [-0.4, -0.2) is 57.4 Å². The maximum absolute atomic E-state index is 13.8. The van der Waals surface area contributed by atoms with Gasteiger partial charge in [0.25, 0.3) is 0 Å². The van der Waals surface area contributed by atoms with E-state index in [4.69, 9.17) is 14.2 Å². The molecule has 1 aliphatic carbocycles. The van der Waals surface area contributed by atoms with Crippen molar-refractivity contribution in [3.8, 4) is 5.75 Å². The molecule has 0 atom stereocenters. The Morgan fingerprint density at radius 2 is 1.91 bits per heavy atom. The highest BCUT2D eigenvalue weighted by Gasteiger charge is 2.41. The van der Waals surface area contributed by atoms with E-state index in [2.05, 4.69) is 54.9 Å². The molecule has 32 heavy (non-hydrogen) atoms. The first-order chi connectivity index (χ1) is 15.4. The number of aromatic amines is 1. The largest absolute Gasteiger partial charge is 0.489 e. The Kier molecular flexibility index (Phi) is 5.22. The van der Waals surface area contributed by atoms with Crippen LogP contribution in [0.25, 0.3) is 10.9 Å². The molecule has 168 valence electrons. The van der Waals surface area contributed by atoms with Crippen molar-refractivity contribution in [1.82, 2.24) is 4.98 Å². The van der Waals surface area contributed by atoms with Crippen LogP contribution in [0.1, 0.15) is 46.6 Å². The van der Waals surface area contributed by atoms with E-state index in [-0.39, 0.29) is 11.2 Å². The highest BCUT2D eigenvalue weighted by Crippen LogP contribution is 2.47. The van der Waals surface area contributed by atoms with Crippen molar-refractivity contribution in [1.29, 1.82) is 0 Å². The van der Waals surface area contributed by atoms with Crippen LogP contribution in [0.15, 0.2) is 30.3 Å². The van der Waals surface area contributed by atoms with Crippen molar-refractivity contribution in [2.75, 3.05) is 51.5 Å². The third-order valence-electron chi connectivity index (χ3n) is 6.72. The number of anilines is 1. The monoisotopic (exact) mass is 434 g/mol. The number of morpholine rings is 1. The number of methoxy groups -OCH3 is 1. The Hall–Kier alpha value is -2.83. The molecule has 1 fully saturated rings. The average Bonchev–Trinajstić information content (AvgIpc) is 3.18. The number of carbonyl (C=O) groups excluding carboxylic acids is 1. The van der Waals surface area contributed by atoms with Crippen LogP contribution >= 0.6 is 0 Å². The van der Waals surface area contributed by atoms with Crippen LogP contribution in [0.2, 0.25) is 0 Å². The summed E-state index contributed by atoms with van der Waals surface area (Å²) in [6.45, 7) is 10.3. The zero-order chi connectivity index (χ0) is 22.5. The molecule has 0 amide bonds. The summed E-state index contributed by atoms with van der Waals surface area (Å²) in [7, 11) is 1.66. The molecular formula is C26H30N2O4. The number of ether oxygens (including phenoxy) is 3. The van der Waals surface area contributed by atoms with Gasteiger partial charge in [0.2, 0.25) is 0 Å². The number of ketones is 1. The molecule has 0 unspecified atom stereocenters. The van der Waals surface area contributed by atoms with Crippen LogP contribution < -0.4 is 9.64 Å². The predicted molar refractivity (Wildman–Crippen MR) is 125 cm³/mol. The van der Waals surface area contributed by atoms with Crippen molar-refractivity contribution in [2.45, 2.75) is 26.2 Å². The minimum absolute atomic E-state index is 0.0505. The Balaban J connectivity index is 1.68. The molecule has 1 aliphatic heterocycles. The third kappa shape index (κ3) is 3.29. The average molecular weight is 435 g/mol. The fraction of sp³-hybridized carbons (Fsp3) is 0.423. The van der Waals surface area contributed by atoms with E-state index in [1.165, 1.54) is 5.56 Å². The third-order valence-corrected chi connectivity index (χ3v) is 6.72. The van der Waals surface area contributed by atoms with E-state index in [0.717, 1.165) is 52.3 Å². The summed E-state index contributed by atoms with van der Waals surface area (Å²) in [4.78, 5) is 19.7. The van der Waals surface area contributed by atoms with Gasteiger partial charge in [-0.2, -0.15) is 0 Å². The molecule has 1 N–H and O–H groups in total. The van der Waals surface area contributed by atoms with Gasteiger partial charge in [0.15, 0.2) is 5.78 Å². The normalized spacial score (nSPS) is 17.4. The van der Waals surface area contributed by atoms with E-state index in [1.807, 2.05) is 6.07 Å². The number of aromatic nitrogens is 1. The summed E-state index contributed by atoms with van der Waals surface area (Å²) in [5.41, 5.74) is 6.34. The number of rotatable bonds is 5. The summed E-state index contributed by atoms with van der Waals surface area (Å²) < 4.78 is 16.9. The number of nitrogens with zero attached hydrogens (tertiary/aromatic N) is 1. The second-order valence-electron chi connectivity index (χ2n) is 9.18. The Bertz CT molecular complexity index is 1190. The topological polar surface area (TPSA) is 63.8 Å². The first-order valence-electron chi connectivity index (χ1n) is 11.2. The summed E-state index contributed by atoms with van der Waals surface area (Å²) in [6.07, 6.45) is 0. The zero-order valence-electron chi connectivity index (χ0n) is 19.2. The molecule has 2 aliphatic rings. The summed E-state index contributed by atoms with van der Waals surface area (Å²) in [5, 5.41) is 0.980. The van der Waals surface area contributed by atoms with Crippen LogP contribution in [0.5, 0.6) is 5.75 Å². The molecule has 5 rings (SSSR count). The molecule has 6 nitrogen and oxygen atoms in total. The molecule has 3 aromatic rings. The summed E-state index contributed by atoms with van der Waals surface area (Å²) in [5.74, 6) is 0.778. The quantitative estimate of drug-likeness (QED) is 0.610. The van der Waals surface area contributed by atoms with Crippen molar-refractivity contribution >= 4 is 22.4 Å². The van der Waals surface area contributed by atoms with E-state index < -0.39 is 0 Å². The minimum atomic E-state index is -0.350. The van der Waals surface area contributed by atoms with Crippen molar-refractivity contribution in [3.63, 3.8) is 0 Å². The predicted octanol–water partition coefficient (Wildman–Crippen LogP) is 4.21. The molecule has 1 aromatic heterocycles. The van der Waals surface area contributed by atoms with Gasteiger partial charge in [-0.1, -0.05) is 26.0 Å². The number of aryl methyl sites for hydroxylation is 1. The number of H-pyrrole nitrogens is 1. The van der Waals surface area contributed by atoms with E-state index in [9.17, 15) is 4.79 Å². The molecule has 0 bridgehead atoms. The van der Waals surface area contributed by atoms with Gasteiger partial charge in [-0.05, 0) is 36.2 Å². The standard InChI is InChI=1S/C26H30N2O4/c1-16-5-6-17-20(13-16)27-25-23(17)24(29)18-14-22(32-12-11-30-4)21(15-19(18)26(25,2)3)28-7-9-31-10-8-28/h5-6,13-15,27H,7-12H2,1-4H3.